The zero-order valence-electron chi connectivity index (χ0n) is 18.0. The first-order chi connectivity index (χ1) is 12.3. The summed E-state index contributed by atoms with van der Waals surface area (Å²) in [5.41, 5.74) is 0.937. The molecule has 0 aromatic rings. The number of ketones is 1. The van der Waals surface area contributed by atoms with Crippen LogP contribution >= 0.6 is 0 Å². The SMILES string of the molecule is CC(C)CCC(C)C1CCC2C3CCC4CC(=O)CC4(C)C3CCC12C. The molecule has 1 nitrogen and oxygen atoms in total. The van der Waals surface area contributed by atoms with E-state index in [9.17, 15) is 4.79 Å². The smallest absolute Gasteiger partial charge is 0.133 e. The Bertz CT molecular complexity index is 550. The summed E-state index contributed by atoms with van der Waals surface area (Å²) in [6.07, 6.45) is 13.2. The number of carbonyl (C=O) groups is 1. The van der Waals surface area contributed by atoms with Gasteiger partial charge in [0.15, 0.2) is 0 Å². The fourth-order valence-electron chi connectivity index (χ4n) is 8.69. The second kappa shape index (κ2) is 6.63. The number of fused-ring (bicyclic) bond motifs is 5. The van der Waals surface area contributed by atoms with E-state index in [0.29, 0.717) is 22.5 Å². The largest absolute Gasteiger partial charge is 0.300 e. The molecule has 1 heteroatoms. The Balaban J connectivity index is 1.52. The summed E-state index contributed by atoms with van der Waals surface area (Å²) in [6, 6.07) is 0. The van der Waals surface area contributed by atoms with Gasteiger partial charge in [0, 0.05) is 12.8 Å². The summed E-state index contributed by atoms with van der Waals surface area (Å²) in [6.45, 7) is 12.5. The summed E-state index contributed by atoms with van der Waals surface area (Å²) >= 11 is 0. The topological polar surface area (TPSA) is 17.1 Å². The molecule has 0 aromatic heterocycles. The number of Topliss-reactive ketones (excluding diaryl/α,β-unsaturated/α-hetero) is 1. The van der Waals surface area contributed by atoms with Gasteiger partial charge in [-0.15, -0.1) is 0 Å². The molecular weight excluding hydrogens is 316 g/mol. The maximum atomic E-state index is 12.2. The molecule has 8 unspecified atom stereocenters. The Labute approximate surface area is 162 Å². The summed E-state index contributed by atoms with van der Waals surface area (Å²) in [5, 5.41) is 0. The van der Waals surface area contributed by atoms with Gasteiger partial charge >= 0.3 is 0 Å². The maximum Gasteiger partial charge on any atom is 0.133 e. The van der Waals surface area contributed by atoms with Gasteiger partial charge in [-0.1, -0.05) is 47.5 Å². The molecule has 148 valence electrons. The monoisotopic (exact) mass is 358 g/mol. The lowest BCUT2D eigenvalue weighted by Gasteiger charge is -2.58. The fraction of sp³-hybridized carbons (Fsp3) is 0.960. The molecule has 0 bridgehead atoms. The lowest BCUT2D eigenvalue weighted by atomic mass is 9.47. The van der Waals surface area contributed by atoms with Crippen LogP contribution in [0.3, 0.4) is 0 Å². The molecule has 4 fully saturated rings. The van der Waals surface area contributed by atoms with Crippen molar-refractivity contribution in [2.45, 2.75) is 98.8 Å². The molecule has 0 aromatic carbocycles. The highest BCUT2D eigenvalue weighted by atomic mass is 16.1. The number of rotatable bonds is 4. The minimum absolute atomic E-state index is 0.350. The standard InChI is InChI=1S/C25H42O/c1-16(2)6-7-17(3)21-10-11-22-20-9-8-18-14-19(26)15-25(18,5)23(20)12-13-24(21,22)4/h16-18,20-23H,6-15H2,1-5H3. The van der Waals surface area contributed by atoms with Crippen LogP contribution in [0, 0.1) is 52.3 Å². The van der Waals surface area contributed by atoms with Crippen LogP contribution in [0.25, 0.3) is 0 Å². The van der Waals surface area contributed by atoms with Crippen molar-refractivity contribution in [2.24, 2.45) is 52.3 Å². The molecule has 4 aliphatic rings. The van der Waals surface area contributed by atoms with Crippen molar-refractivity contribution >= 4 is 5.78 Å². The van der Waals surface area contributed by atoms with Crippen LogP contribution in [0.1, 0.15) is 98.8 Å². The summed E-state index contributed by atoms with van der Waals surface area (Å²) in [5.74, 6) is 6.67. The first kappa shape index (κ1) is 19.0. The summed E-state index contributed by atoms with van der Waals surface area (Å²) in [7, 11) is 0. The molecule has 4 rings (SSSR count). The molecule has 0 amide bonds. The van der Waals surface area contributed by atoms with Gasteiger partial charge < -0.3 is 0 Å². The molecule has 0 aliphatic heterocycles. The normalized spacial score (nSPS) is 49.0. The van der Waals surface area contributed by atoms with E-state index in [1.165, 1.54) is 51.4 Å². The first-order valence-electron chi connectivity index (χ1n) is 11.8. The average molecular weight is 359 g/mol. The number of hydrogen-bond acceptors (Lipinski definition) is 1. The number of carbonyl (C=O) groups excluding carboxylic acids is 1. The molecule has 0 heterocycles. The Morgan fingerprint density at radius 1 is 0.923 bits per heavy atom. The van der Waals surface area contributed by atoms with Crippen LogP contribution in [0.5, 0.6) is 0 Å². The van der Waals surface area contributed by atoms with Crippen LogP contribution in [-0.4, -0.2) is 5.78 Å². The average Bonchev–Trinajstić information content (AvgIpc) is 3.07. The third-order valence-corrected chi connectivity index (χ3v) is 10.1. The van der Waals surface area contributed by atoms with Gasteiger partial charge in [-0.25, -0.2) is 0 Å². The Morgan fingerprint density at radius 3 is 2.38 bits per heavy atom. The van der Waals surface area contributed by atoms with Crippen LogP contribution in [0.2, 0.25) is 0 Å². The van der Waals surface area contributed by atoms with Gasteiger partial charge in [0.05, 0.1) is 0 Å². The van der Waals surface area contributed by atoms with Crippen LogP contribution in [0.4, 0.5) is 0 Å². The Kier molecular flexibility index (Phi) is 4.84. The fourth-order valence-corrected chi connectivity index (χ4v) is 8.69. The highest BCUT2D eigenvalue weighted by Gasteiger charge is 2.61. The van der Waals surface area contributed by atoms with E-state index >= 15 is 0 Å². The number of hydrogen-bond donors (Lipinski definition) is 0. The zero-order chi connectivity index (χ0) is 18.7. The predicted octanol–water partition coefficient (Wildman–Crippen LogP) is 6.90. The van der Waals surface area contributed by atoms with E-state index in [0.717, 1.165) is 48.3 Å². The molecule has 4 saturated carbocycles. The molecule has 0 saturated heterocycles. The highest BCUT2D eigenvalue weighted by Crippen LogP contribution is 2.68. The van der Waals surface area contributed by atoms with Gasteiger partial charge in [-0.3, -0.25) is 4.79 Å². The van der Waals surface area contributed by atoms with E-state index in [2.05, 4.69) is 34.6 Å². The third kappa shape index (κ3) is 2.82. The molecule has 26 heavy (non-hydrogen) atoms. The molecule has 8 atom stereocenters. The Morgan fingerprint density at radius 2 is 1.65 bits per heavy atom. The molecule has 4 aliphatic carbocycles. The minimum Gasteiger partial charge on any atom is -0.300 e. The van der Waals surface area contributed by atoms with Gasteiger partial charge in [0.1, 0.15) is 5.78 Å². The van der Waals surface area contributed by atoms with Crippen molar-refractivity contribution in [3.63, 3.8) is 0 Å². The van der Waals surface area contributed by atoms with Crippen molar-refractivity contribution in [2.75, 3.05) is 0 Å². The lowest BCUT2D eigenvalue weighted by molar-refractivity contribution is -0.119. The second-order valence-corrected chi connectivity index (χ2v) is 11.8. The second-order valence-electron chi connectivity index (χ2n) is 11.8. The van der Waals surface area contributed by atoms with Crippen molar-refractivity contribution < 1.29 is 4.79 Å². The lowest BCUT2D eigenvalue weighted by Crippen LogP contribution is -2.50. The van der Waals surface area contributed by atoms with E-state index in [-0.39, 0.29) is 0 Å². The quantitative estimate of drug-likeness (QED) is 0.534. The van der Waals surface area contributed by atoms with Gasteiger partial charge in [0.25, 0.3) is 0 Å². The van der Waals surface area contributed by atoms with Gasteiger partial charge in [-0.05, 0) is 90.8 Å². The van der Waals surface area contributed by atoms with Gasteiger partial charge in [0.2, 0.25) is 0 Å². The van der Waals surface area contributed by atoms with E-state index in [4.69, 9.17) is 0 Å². The highest BCUT2D eigenvalue weighted by molar-refractivity contribution is 5.82. The third-order valence-electron chi connectivity index (χ3n) is 10.1. The van der Waals surface area contributed by atoms with Crippen LogP contribution in [-0.2, 0) is 4.79 Å². The van der Waals surface area contributed by atoms with Crippen molar-refractivity contribution in [1.82, 2.24) is 0 Å². The van der Waals surface area contributed by atoms with Crippen molar-refractivity contribution in [3.8, 4) is 0 Å². The zero-order valence-corrected chi connectivity index (χ0v) is 18.0. The predicted molar refractivity (Wildman–Crippen MR) is 109 cm³/mol. The van der Waals surface area contributed by atoms with Gasteiger partial charge in [-0.2, -0.15) is 0 Å². The molecule has 0 N–H and O–H groups in total. The maximum absolute atomic E-state index is 12.2. The summed E-state index contributed by atoms with van der Waals surface area (Å²) in [4.78, 5) is 12.2. The van der Waals surface area contributed by atoms with E-state index in [1.54, 1.807) is 0 Å². The van der Waals surface area contributed by atoms with Crippen molar-refractivity contribution in [1.29, 1.82) is 0 Å². The molecule has 0 spiro atoms. The minimum atomic E-state index is 0.350. The van der Waals surface area contributed by atoms with Crippen LogP contribution < -0.4 is 0 Å². The summed E-state index contributed by atoms with van der Waals surface area (Å²) < 4.78 is 0. The van der Waals surface area contributed by atoms with Crippen LogP contribution in [0.15, 0.2) is 0 Å². The van der Waals surface area contributed by atoms with E-state index < -0.39 is 0 Å². The Hall–Kier alpha value is -0.330. The van der Waals surface area contributed by atoms with Crippen molar-refractivity contribution in [3.05, 3.63) is 0 Å². The van der Waals surface area contributed by atoms with E-state index in [1.807, 2.05) is 0 Å². The molecular formula is C25H42O. The first-order valence-corrected chi connectivity index (χ1v) is 11.8. The molecule has 0 radical (unpaired) electrons.